The standard InChI is InChI=1S/C11H12ClNOS/c1-8-3-5-10(6-4-8)13-11(14)15-7-9(2)12/h3-6H,2,7H2,1H3,(H,13,14). The Kier molecular flexibility index (Phi) is 4.72. The van der Waals surface area contributed by atoms with Gasteiger partial charge in [-0.05, 0) is 19.1 Å². The van der Waals surface area contributed by atoms with Crippen molar-refractivity contribution in [1.82, 2.24) is 0 Å². The Morgan fingerprint density at radius 1 is 1.47 bits per heavy atom. The zero-order valence-electron chi connectivity index (χ0n) is 8.42. The second-order valence-corrected chi connectivity index (χ2v) is 4.57. The average Bonchev–Trinajstić information content (AvgIpc) is 2.19. The molecule has 0 aliphatic rings. The van der Waals surface area contributed by atoms with Gasteiger partial charge in [-0.2, -0.15) is 0 Å². The molecule has 80 valence electrons. The number of thioether (sulfide) groups is 1. The summed E-state index contributed by atoms with van der Waals surface area (Å²) in [5.41, 5.74) is 1.95. The van der Waals surface area contributed by atoms with Gasteiger partial charge in [-0.25, -0.2) is 0 Å². The molecule has 0 fully saturated rings. The quantitative estimate of drug-likeness (QED) is 0.866. The molecule has 1 aromatic rings. The fraction of sp³-hybridized carbons (Fsp3) is 0.182. The molecule has 15 heavy (non-hydrogen) atoms. The molecule has 0 aromatic heterocycles. The van der Waals surface area contributed by atoms with E-state index >= 15 is 0 Å². The number of hydrogen-bond donors (Lipinski definition) is 1. The molecule has 1 N–H and O–H groups in total. The van der Waals surface area contributed by atoms with Crippen LogP contribution in [0, 0.1) is 6.92 Å². The van der Waals surface area contributed by atoms with E-state index in [1.807, 2.05) is 31.2 Å². The van der Waals surface area contributed by atoms with Crippen molar-refractivity contribution >= 4 is 34.3 Å². The molecule has 0 heterocycles. The third-order valence-corrected chi connectivity index (χ3v) is 2.81. The number of hydrogen-bond acceptors (Lipinski definition) is 2. The van der Waals surface area contributed by atoms with Crippen LogP contribution in [0.4, 0.5) is 10.5 Å². The Balaban J connectivity index is 2.44. The highest BCUT2D eigenvalue weighted by molar-refractivity contribution is 8.14. The molecule has 0 saturated carbocycles. The molecular formula is C11H12ClNOS. The summed E-state index contributed by atoms with van der Waals surface area (Å²) in [7, 11) is 0. The van der Waals surface area contributed by atoms with Crippen molar-refractivity contribution < 1.29 is 4.79 Å². The van der Waals surface area contributed by atoms with E-state index < -0.39 is 0 Å². The summed E-state index contributed by atoms with van der Waals surface area (Å²) in [6, 6.07) is 7.62. The molecule has 0 radical (unpaired) electrons. The summed E-state index contributed by atoms with van der Waals surface area (Å²) in [4.78, 5) is 11.4. The van der Waals surface area contributed by atoms with Crippen molar-refractivity contribution in [3.63, 3.8) is 0 Å². The van der Waals surface area contributed by atoms with Crippen molar-refractivity contribution in [2.24, 2.45) is 0 Å². The maximum absolute atomic E-state index is 11.4. The van der Waals surface area contributed by atoms with Gasteiger partial charge >= 0.3 is 0 Å². The minimum absolute atomic E-state index is 0.124. The zero-order chi connectivity index (χ0) is 11.3. The van der Waals surface area contributed by atoms with Gasteiger partial charge in [0.15, 0.2) is 0 Å². The summed E-state index contributed by atoms with van der Waals surface area (Å²) >= 11 is 6.65. The molecular weight excluding hydrogens is 230 g/mol. The van der Waals surface area contributed by atoms with Gasteiger partial charge in [0.1, 0.15) is 0 Å². The van der Waals surface area contributed by atoms with Crippen LogP contribution < -0.4 is 5.32 Å². The van der Waals surface area contributed by atoms with Gasteiger partial charge in [0.2, 0.25) is 0 Å². The van der Waals surface area contributed by atoms with E-state index in [2.05, 4.69) is 11.9 Å². The normalized spacial score (nSPS) is 9.73. The van der Waals surface area contributed by atoms with E-state index in [1.54, 1.807) is 0 Å². The van der Waals surface area contributed by atoms with E-state index in [9.17, 15) is 4.79 Å². The SMILES string of the molecule is C=C(Cl)CSC(=O)Nc1ccc(C)cc1. The molecule has 1 aromatic carbocycles. The molecule has 0 spiro atoms. The largest absolute Gasteiger partial charge is 0.317 e. The van der Waals surface area contributed by atoms with Crippen LogP contribution in [-0.2, 0) is 0 Å². The number of carbonyl (C=O) groups is 1. The van der Waals surface area contributed by atoms with Crippen molar-refractivity contribution in [3.05, 3.63) is 41.4 Å². The van der Waals surface area contributed by atoms with Gasteiger partial charge in [0.25, 0.3) is 5.24 Å². The van der Waals surface area contributed by atoms with E-state index in [0.29, 0.717) is 10.8 Å². The second kappa shape index (κ2) is 5.83. The molecule has 0 aliphatic carbocycles. The fourth-order valence-corrected chi connectivity index (χ4v) is 1.58. The number of aryl methyl sites for hydroxylation is 1. The van der Waals surface area contributed by atoms with Crippen molar-refractivity contribution in [3.8, 4) is 0 Å². The first-order valence-corrected chi connectivity index (χ1v) is 5.78. The zero-order valence-corrected chi connectivity index (χ0v) is 9.99. The Hall–Kier alpha value is -0.930. The van der Waals surface area contributed by atoms with Gasteiger partial charge in [-0.15, -0.1) is 0 Å². The summed E-state index contributed by atoms with van der Waals surface area (Å²) in [5.74, 6) is 0.430. The lowest BCUT2D eigenvalue weighted by atomic mass is 10.2. The van der Waals surface area contributed by atoms with Gasteiger partial charge in [0.05, 0.1) is 0 Å². The van der Waals surface area contributed by atoms with Crippen LogP contribution in [0.3, 0.4) is 0 Å². The first kappa shape index (κ1) is 12.1. The molecule has 0 saturated heterocycles. The van der Waals surface area contributed by atoms with Gasteiger partial charge < -0.3 is 5.32 Å². The summed E-state index contributed by atoms with van der Waals surface area (Å²) < 4.78 is 0. The number of benzene rings is 1. The highest BCUT2D eigenvalue weighted by Crippen LogP contribution is 2.15. The molecule has 1 amide bonds. The van der Waals surface area contributed by atoms with Crippen molar-refractivity contribution in [1.29, 1.82) is 0 Å². The topological polar surface area (TPSA) is 29.1 Å². The second-order valence-electron chi connectivity index (χ2n) is 3.08. The Labute approximate surface area is 98.7 Å². The molecule has 0 aliphatic heterocycles. The maximum atomic E-state index is 11.4. The lowest BCUT2D eigenvalue weighted by Crippen LogP contribution is -2.05. The van der Waals surface area contributed by atoms with Crippen LogP contribution in [0.1, 0.15) is 5.56 Å². The van der Waals surface area contributed by atoms with E-state index in [1.165, 1.54) is 0 Å². The smallest absolute Gasteiger partial charge is 0.283 e. The predicted molar refractivity (Wildman–Crippen MR) is 67.6 cm³/mol. The number of halogens is 1. The Bertz CT molecular complexity index is 361. The van der Waals surface area contributed by atoms with Gasteiger partial charge in [-0.3, -0.25) is 4.79 Å². The number of rotatable bonds is 3. The number of carbonyl (C=O) groups excluding carboxylic acids is 1. The molecule has 1 rings (SSSR count). The summed E-state index contributed by atoms with van der Waals surface area (Å²) in [5, 5.41) is 3.10. The molecule has 0 atom stereocenters. The van der Waals surface area contributed by atoms with Crippen molar-refractivity contribution in [2.45, 2.75) is 6.92 Å². The number of amides is 1. The van der Waals surface area contributed by atoms with Crippen molar-refractivity contribution in [2.75, 3.05) is 11.1 Å². The average molecular weight is 242 g/mol. The monoisotopic (exact) mass is 241 g/mol. The Morgan fingerprint density at radius 3 is 2.60 bits per heavy atom. The Morgan fingerprint density at radius 2 is 2.07 bits per heavy atom. The number of nitrogens with one attached hydrogen (secondary N) is 1. The fourth-order valence-electron chi connectivity index (χ4n) is 0.935. The lowest BCUT2D eigenvalue weighted by Gasteiger charge is -2.04. The molecule has 0 bridgehead atoms. The van der Waals surface area contributed by atoms with Gasteiger partial charge in [0, 0.05) is 16.5 Å². The van der Waals surface area contributed by atoms with Crippen LogP contribution in [0.5, 0.6) is 0 Å². The first-order chi connectivity index (χ1) is 7.08. The van der Waals surface area contributed by atoms with Crippen LogP contribution in [0.15, 0.2) is 35.9 Å². The minimum atomic E-state index is -0.124. The van der Waals surface area contributed by atoms with E-state index in [0.717, 1.165) is 23.0 Å². The first-order valence-electron chi connectivity index (χ1n) is 4.41. The van der Waals surface area contributed by atoms with Crippen LogP contribution in [0.2, 0.25) is 0 Å². The third kappa shape index (κ3) is 4.91. The highest BCUT2D eigenvalue weighted by atomic mass is 35.5. The lowest BCUT2D eigenvalue weighted by molar-refractivity contribution is 0.270. The third-order valence-electron chi connectivity index (χ3n) is 1.66. The minimum Gasteiger partial charge on any atom is -0.317 e. The number of anilines is 1. The predicted octanol–water partition coefficient (Wildman–Crippen LogP) is 4.01. The van der Waals surface area contributed by atoms with Crippen LogP contribution >= 0.6 is 23.4 Å². The van der Waals surface area contributed by atoms with E-state index in [-0.39, 0.29) is 5.24 Å². The van der Waals surface area contributed by atoms with Crippen LogP contribution in [0.25, 0.3) is 0 Å². The van der Waals surface area contributed by atoms with Crippen LogP contribution in [-0.4, -0.2) is 11.0 Å². The van der Waals surface area contributed by atoms with E-state index in [4.69, 9.17) is 11.6 Å². The van der Waals surface area contributed by atoms with Gasteiger partial charge in [-0.1, -0.05) is 47.6 Å². The molecule has 0 unspecified atom stereocenters. The maximum Gasteiger partial charge on any atom is 0.283 e. The highest BCUT2D eigenvalue weighted by Gasteiger charge is 2.02. The summed E-state index contributed by atoms with van der Waals surface area (Å²) in [6.45, 7) is 5.51. The summed E-state index contributed by atoms with van der Waals surface area (Å²) in [6.07, 6.45) is 0. The molecule has 4 heteroatoms. The molecule has 2 nitrogen and oxygen atoms in total.